The number of carbonyl (C=O) groups is 2. The third-order valence-corrected chi connectivity index (χ3v) is 7.97. The van der Waals surface area contributed by atoms with Crippen molar-refractivity contribution in [1.82, 2.24) is 20.4 Å². The van der Waals surface area contributed by atoms with Gasteiger partial charge in [-0.3, -0.25) is 14.5 Å². The van der Waals surface area contributed by atoms with E-state index in [9.17, 15) is 14.0 Å². The molecule has 5 unspecified atom stereocenters. The minimum atomic E-state index is -0.785. The lowest BCUT2D eigenvalue weighted by molar-refractivity contribution is -0.136. The Morgan fingerprint density at radius 2 is 1.87 bits per heavy atom. The highest BCUT2D eigenvalue weighted by Gasteiger charge is 2.46. The van der Waals surface area contributed by atoms with E-state index in [4.69, 9.17) is 5.11 Å². The molecule has 0 aromatic heterocycles. The van der Waals surface area contributed by atoms with Gasteiger partial charge in [-0.05, 0) is 50.9 Å². The average molecular weight is 425 g/mol. The van der Waals surface area contributed by atoms with Gasteiger partial charge in [0, 0.05) is 50.2 Å². The molecular weight excluding hydrogens is 387 g/mol. The van der Waals surface area contributed by atoms with Crippen LogP contribution >= 0.6 is 0 Å². The molecule has 0 aromatic carbocycles. The largest absolute Gasteiger partial charge is 0.387 e. The predicted molar refractivity (Wildman–Crippen MR) is 112 cm³/mol. The third kappa shape index (κ3) is 4.65. The Morgan fingerprint density at radius 3 is 2.57 bits per heavy atom. The van der Waals surface area contributed by atoms with Gasteiger partial charge >= 0.3 is 0 Å². The number of nitrogens with zero attached hydrogens (tertiary/aromatic N) is 2. The van der Waals surface area contributed by atoms with E-state index >= 15 is 0 Å². The van der Waals surface area contributed by atoms with Crippen molar-refractivity contribution in [3.05, 3.63) is 0 Å². The highest BCUT2D eigenvalue weighted by molar-refractivity contribution is 5.82. The van der Waals surface area contributed by atoms with Crippen LogP contribution in [0, 0.1) is 11.8 Å². The Bertz CT molecular complexity index is 610. The van der Waals surface area contributed by atoms with Crippen LogP contribution in [0.2, 0.25) is 0 Å². The molecule has 3 N–H and O–H groups in total. The summed E-state index contributed by atoms with van der Waals surface area (Å²) >= 11 is 0. The number of rotatable bonds is 4. The Kier molecular flexibility index (Phi) is 6.95. The quantitative estimate of drug-likeness (QED) is 0.618. The molecule has 0 aromatic rings. The van der Waals surface area contributed by atoms with Gasteiger partial charge in [-0.25, -0.2) is 4.39 Å². The van der Waals surface area contributed by atoms with Crippen LogP contribution in [0.25, 0.3) is 0 Å². The normalized spacial score (nSPS) is 40.1. The molecule has 4 aliphatic rings. The maximum Gasteiger partial charge on any atom is 0.248 e. The Balaban J connectivity index is 1.26. The van der Waals surface area contributed by atoms with E-state index in [1.54, 1.807) is 4.90 Å². The molecule has 4 fully saturated rings. The lowest BCUT2D eigenvalue weighted by atomic mass is 9.77. The minimum Gasteiger partial charge on any atom is -0.387 e. The number of aliphatic hydroxyl groups is 1. The van der Waals surface area contributed by atoms with E-state index in [2.05, 4.69) is 22.5 Å². The first-order chi connectivity index (χ1) is 14.5. The fraction of sp³-hybridized carbons (Fsp3) is 0.909. The Labute approximate surface area is 178 Å². The summed E-state index contributed by atoms with van der Waals surface area (Å²) in [6.07, 6.45) is 5.47. The smallest absolute Gasteiger partial charge is 0.248 e. The summed E-state index contributed by atoms with van der Waals surface area (Å²) in [5.74, 6) is 0.238. The van der Waals surface area contributed by atoms with Gasteiger partial charge in [0.25, 0.3) is 0 Å². The van der Waals surface area contributed by atoms with Gasteiger partial charge in [0.05, 0.1) is 6.04 Å². The highest BCUT2D eigenvalue weighted by Crippen LogP contribution is 2.38. The number of aliphatic hydroxyl groups excluding tert-OH is 1. The van der Waals surface area contributed by atoms with Crippen molar-refractivity contribution in [3.8, 4) is 0 Å². The number of halogens is 1. The molecule has 4 rings (SSSR count). The molecule has 7 nitrogen and oxygen atoms in total. The van der Waals surface area contributed by atoms with E-state index < -0.39 is 12.8 Å². The van der Waals surface area contributed by atoms with Crippen molar-refractivity contribution >= 4 is 11.8 Å². The Morgan fingerprint density at radius 1 is 1.10 bits per heavy atom. The van der Waals surface area contributed by atoms with Crippen molar-refractivity contribution in [2.75, 3.05) is 32.8 Å². The number of amides is 2. The number of hydrogen-bond acceptors (Lipinski definition) is 5. The standard InChI is InChI=1S/C22H37FN4O3/c1-14-5-6-18(23)17-12-19(25-21(14)17)22(30)24-15-3-2-4-16(11-15)26-7-9-27(10-8-26)20(29)13-28/h14-19,21,25,28H,2-13H2,1H3,(H,24,30)/t14?,15-,16+,17?,18?,19?,21?/m1/s1. The van der Waals surface area contributed by atoms with Crippen molar-refractivity contribution in [2.24, 2.45) is 11.8 Å². The van der Waals surface area contributed by atoms with Gasteiger partial charge in [0.2, 0.25) is 11.8 Å². The monoisotopic (exact) mass is 424 g/mol. The van der Waals surface area contributed by atoms with Gasteiger partial charge < -0.3 is 20.6 Å². The van der Waals surface area contributed by atoms with Crippen LogP contribution in [0.4, 0.5) is 4.39 Å². The fourth-order valence-electron chi connectivity index (χ4n) is 6.17. The number of alkyl halides is 1. The number of piperazine rings is 1. The van der Waals surface area contributed by atoms with Gasteiger partial charge in [0.15, 0.2) is 0 Å². The van der Waals surface area contributed by atoms with Gasteiger partial charge in [0.1, 0.15) is 12.8 Å². The molecule has 0 radical (unpaired) electrons. The number of hydrogen-bond donors (Lipinski definition) is 3. The Hall–Kier alpha value is -1.25. The maximum atomic E-state index is 14.3. The van der Waals surface area contributed by atoms with Gasteiger partial charge in [-0.1, -0.05) is 6.92 Å². The second kappa shape index (κ2) is 9.49. The van der Waals surface area contributed by atoms with Crippen LogP contribution in [-0.4, -0.2) is 89.8 Å². The van der Waals surface area contributed by atoms with Gasteiger partial charge in [-0.2, -0.15) is 0 Å². The van der Waals surface area contributed by atoms with E-state index in [-0.39, 0.29) is 35.9 Å². The second-order valence-corrected chi connectivity index (χ2v) is 9.82. The van der Waals surface area contributed by atoms with Crippen LogP contribution < -0.4 is 10.6 Å². The number of carbonyl (C=O) groups excluding carboxylic acids is 2. The lowest BCUT2D eigenvalue weighted by Gasteiger charge is -2.42. The molecule has 0 spiro atoms. The van der Waals surface area contributed by atoms with Gasteiger partial charge in [-0.15, -0.1) is 0 Å². The molecular formula is C22H37FN4O3. The van der Waals surface area contributed by atoms with E-state index in [1.165, 1.54) is 0 Å². The summed E-state index contributed by atoms with van der Waals surface area (Å²) < 4.78 is 14.3. The lowest BCUT2D eigenvalue weighted by Crippen LogP contribution is -2.55. The summed E-state index contributed by atoms with van der Waals surface area (Å²) in [6, 6.07) is 0.440. The zero-order valence-corrected chi connectivity index (χ0v) is 18.1. The summed E-state index contributed by atoms with van der Waals surface area (Å²) in [5, 5.41) is 15.7. The average Bonchev–Trinajstić information content (AvgIpc) is 3.23. The topological polar surface area (TPSA) is 84.9 Å². The number of fused-ring (bicyclic) bond motifs is 1. The van der Waals surface area contributed by atoms with Crippen molar-refractivity contribution in [2.45, 2.75) is 82.2 Å². The summed E-state index contributed by atoms with van der Waals surface area (Å²) in [6.45, 7) is 4.70. The van der Waals surface area contributed by atoms with E-state index in [0.717, 1.165) is 45.2 Å². The first kappa shape index (κ1) is 22.0. The predicted octanol–water partition coefficient (Wildman–Crippen LogP) is 0.665. The zero-order chi connectivity index (χ0) is 21.3. The zero-order valence-electron chi connectivity index (χ0n) is 18.1. The highest BCUT2D eigenvalue weighted by atomic mass is 19.1. The molecule has 2 saturated carbocycles. The third-order valence-electron chi connectivity index (χ3n) is 7.97. The molecule has 30 heavy (non-hydrogen) atoms. The molecule has 2 amide bonds. The van der Waals surface area contributed by atoms with Crippen LogP contribution in [0.5, 0.6) is 0 Å². The second-order valence-electron chi connectivity index (χ2n) is 9.82. The van der Waals surface area contributed by atoms with Crippen molar-refractivity contribution in [1.29, 1.82) is 0 Å². The molecule has 2 aliphatic carbocycles. The minimum absolute atomic E-state index is 0.0264. The molecule has 2 aliphatic heterocycles. The molecule has 8 heteroatoms. The summed E-state index contributed by atoms with van der Waals surface area (Å²) in [7, 11) is 0. The van der Waals surface area contributed by atoms with Crippen molar-refractivity contribution < 1.29 is 19.1 Å². The molecule has 0 bridgehead atoms. The van der Waals surface area contributed by atoms with Crippen LogP contribution in [0.1, 0.15) is 51.9 Å². The first-order valence-corrected chi connectivity index (χ1v) is 11.8. The van der Waals surface area contributed by atoms with Crippen LogP contribution in [0.15, 0.2) is 0 Å². The van der Waals surface area contributed by atoms with E-state index in [0.29, 0.717) is 37.9 Å². The molecule has 170 valence electrons. The first-order valence-electron chi connectivity index (χ1n) is 11.8. The fourth-order valence-corrected chi connectivity index (χ4v) is 6.17. The SMILES string of the molecule is CC1CCC(F)C2CC(C(=O)N[C@@H]3CCC[C@H](N4CCN(C(=O)CO)CC4)C3)NC12. The number of nitrogens with one attached hydrogen (secondary N) is 2. The molecule has 2 saturated heterocycles. The van der Waals surface area contributed by atoms with Crippen LogP contribution in [0.3, 0.4) is 0 Å². The van der Waals surface area contributed by atoms with Crippen molar-refractivity contribution in [3.63, 3.8) is 0 Å². The summed E-state index contributed by atoms with van der Waals surface area (Å²) in [4.78, 5) is 28.7. The summed E-state index contributed by atoms with van der Waals surface area (Å²) in [5.41, 5.74) is 0. The molecule has 7 atom stereocenters. The van der Waals surface area contributed by atoms with E-state index in [1.807, 2.05) is 0 Å². The van der Waals surface area contributed by atoms with Crippen LogP contribution in [-0.2, 0) is 9.59 Å². The maximum absolute atomic E-state index is 14.3. The molecule has 2 heterocycles.